The number of hydrogen-bond acceptors (Lipinski definition) is 3. The number of nitrogens with one attached hydrogen (secondary N) is 1. The minimum Gasteiger partial charge on any atom is -0.399 e. The molecule has 21 heavy (non-hydrogen) atoms. The van der Waals surface area contributed by atoms with Gasteiger partial charge in [-0.1, -0.05) is 12.1 Å². The molecule has 0 bridgehead atoms. The lowest BCUT2D eigenvalue weighted by Crippen LogP contribution is -2.34. The number of rotatable bonds is 5. The maximum atomic E-state index is 12.1. The molecule has 1 aromatic rings. The molecule has 2 rings (SSSR count). The van der Waals surface area contributed by atoms with E-state index < -0.39 is 0 Å². The first kappa shape index (κ1) is 15.4. The lowest BCUT2D eigenvalue weighted by molar-refractivity contribution is -0.130. The van der Waals surface area contributed by atoms with Crippen molar-refractivity contribution >= 4 is 17.5 Å². The molecule has 2 amide bonds. The van der Waals surface area contributed by atoms with Crippen LogP contribution >= 0.6 is 0 Å². The summed E-state index contributed by atoms with van der Waals surface area (Å²) in [6.45, 7) is 3.94. The van der Waals surface area contributed by atoms with Crippen LogP contribution in [0.4, 0.5) is 5.69 Å². The Balaban J connectivity index is 1.77. The average molecular weight is 289 g/mol. The molecular weight excluding hydrogens is 266 g/mol. The third kappa shape index (κ3) is 4.21. The third-order valence-corrected chi connectivity index (χ3v) is 3.90. The second-order valence-corrected chi connectivity index (χ2v) is 5.52. The second-order valence-electron chi connectivity index (χ2n) is 5.52. The number of carbonyl (C=O) groups excluding carboxylic acids is 2. The van der Waals surface area contributed by atoms with Crippen molar-refractivity contribution in [2.24, 2.45) is 0 Å². The lowest BCUT2D eigenvalue weighted by atomic mass is 10.00. The first-order valence-corrected chi connectivity index (χ1v) is 7.49. The van der Waals surface area contributed by atoms with E-state index >= 15 is 0 Å². The molecule has 1 aliphatic heterocycles. The molecule has 114 valence electrons. The van der Waals surface area contributed by atoms with Crippen molar-refractivity contribution in [1.82, 2.24) is 10.2 Å². The van der Waals surface area contributed by atoms with Crippen molar-refractivity contribution in [1.29, 1.82) is 0 Å². The van der Waals surface area contributed by atoms with Crippen LogP contribution in [0.15, 0.2) is 24.3 Å². The highest BCUT2D eigenvalue weighted by Crippen LogP contribution is 2.17. The van der Waals surface area contributed by atoms with Crippen LogP contribution in [0.3, 0.4) is 0 Å². The lowest BCUT2D eigenvalue weighted by Gasteiger charge is -2.16. The zero-order valence-corrected chi connectivity index (χ0v) is 12.5. The fourth-order valence-electron chi connectivity index (χ4n) is 2.55. The molecule has 1 fully saturated rings. The average Bonchev–Trinajstić information content (AvgIpc) is 3.00. The quantitative estimate of drug-likeness (QED) is 0.807. The van der Waals surface area contributed by atoms with Crippen molar-refractivity contribution in [3.05, 3.63) is 29.8 Å². The molecule has 1 heterocycles. The summed E-state index contributed by atoms with van der Waals surface area (Å²) in [5, 5.41) is 2.83. The van der Waals surface area contributed by atoms with Gasteiger partial charge in [-0.15, -0.1) is 0 Å². The Morgan fingerprint density at radius 2 is 2.05 bits per heavy atom. The summed E-state index contributed by atoms with van der Waals surface area (Å²) in [4.78, 5) is 25.8. The standard InChI is InChI=1S/C16H23N3O2/c1-12(13-5-4-6-14(17)11-13)16(21)18-8-7-15(20)19-9-2-3-10-19/h4-6,11-12H,2-3,7-10,17H2,1H3,(H,18,21). The van der Waals surface area contributed by atoms with E-state index in [1.807, 2.05) is 24.0 Å². The van der Waals surface area contributed by atoms with Crippen LogP contribution in [0.5, 0.6) is 0 Å². The van der Waals surface area contributed by atoms with E-state index in [0.29, 0.717) is 18.7 Å². The molecule has 3 N–H and O–H groups in total. The van der Waals surface area contributed by atoms with Gasteiger partial charge in [0, 0.05) is 31.7 Å². The Labute approximate surface area is 125 Å². The Kier molecular flexibility index (Phi) is 5.20. The number of nitrogen functional groups attached to an aromatic ring is 1. The SMILES string of the molecule is CC(C(=O)NCCC(=O)N1CCCC1)c1cccc(N)c1. The summed E-state index contributed by atoms with van der Waals surface area (Å²) in [5.74, 6) is -0.213. The van der Waals surface area contributed by atoms with Crippen LogP contribution in [-0.2, 0) is 9.59 Å². The number of nitrogens with two attached hydrogens (primary N) is 1. The van der Waals surface area contributed by atoms with E-state index in [1.54, 1.807) is 12.1 Å². The number of likely N-dealkylation sites (tertiary alicyclic amines) is 1. The first-order chi connectivity index (χ1) is 10.1. The number of benzene rings is 1. The molecule has 1 atom stereocenters. The molecular formula is C16H23N3O2. The number of nitrogens with zero attached hydrogens (tertiary/aromatic N) is 1. The Bertz CT molecular complexity index is 510. The molecule has 0 aromatic heterocycles. The zero-order valence-electron chi connectivity index (χ0n) is 12.5. The summed E-state index contributed by atoms with van der Waals surface area (Å²) >= 11 is 0. The topological polar surface area (TPSA) is 75.4 Å². The fraction of sp³-hybridized carbons (Fsp3) is 0.500. The van der Waals surface area contributed by atoms with Gasteiger partial charge >= 0.3 is 0 Å². The minimum atomic E-state index is -0.268. The van der Waals surface area contributed by atoms with Crippen LogP contribution in [0.1, 0.15) is 37.7 Å². The van der Waals surface area contributed by atoms with Gasteiger partial charge in [0.2, 0.25) is 11.8 Å². The van der Waals surface area contributed by atoms with Gasteiger partial charge in [0.1, 0.15) is 0 Å². The Morgan fingerprint density at radius 1 is 1.33 bits per heavy atom. The molecule has 0 saturated carbocycles. The normalized spacial score (nSPS) is 15.8. The van der Waals surface area contributed by atoms with Gasteiger partial charge in [-0.2, -0.15) is 0 Å². The summed E-state index contributed by atoms with van der Waals surface area (Å²) in [7, 11) is 0. The zero-order chi connectivity index (χ0) is 15.2. The third-order valence-electron chi connectivity index (χ3n) is 3.90. The molecule has 0 radical (unpaired) electrons. The highest BCUT2D eigenvalue weighted by Gasteiger charge is 2.19. The van der Waals surface area contributed by atoms with Crippen LogP contribution in [0.2, 0.25) is 0 Å². The van der Waals surface area contributed by atoms with Crippen molar-refractivity contribution in [2.75, 3.05) is 25.4 Å². The van der Waals surface area contributed by atoms with Crippen LogP contribution in [0.25, 0.3) is 0 Å². The minimum absolute atomic E-state index is 0.0742. The molecule has 0 spiro atoms. The van der Waals surface area contributed by atoms with Crippen LogP contribution in [-0.4, -0.2) is 36.3 Å². The monoisotopic (exact) mass is 289 g/mol. The summed E-state index contributed by atoms with van der Waals surface area (Å²) in [6, 6.07) is 7.32. The Hall–Kier alpha value is -2.04. The van der Waals surface area contributed by atoms with Crippen LogP contribution in [0, 0.1) is 0 Å². The van der Waals surface area contributed by atoms with E-state index in [9.17, 15) is 9.59 Å². The predicted molar refractivity (Wildman–Crippen MR) is 82.7 cm³/mol. The summed E-state index contributed by atoms with van der Waals surface area (Å²) in [5.41, 5.74) is 7.26. The smallest absolute Gasteiger partial charge is 0.227 e. The van der Waals surface area contributed by atoms with Gasteiger partial charge in [0.05, 0.1) is 5.92 Å². The van der Waals surface area contributed by atoms with Crippen molar-refractivity contribution in [3.63, 3.8) is 0 Å². The number of carbonyl (C=O) groups is 2. The number of anilines is 1. The molecule has 1 aliphatic rings. The highest BCUT2D eigenvalue weighted by atomic mass is 16.2. The van der Waals surface area contributed by atoms with Crippen molar-refractivity contribution in [2.45, 2.75) is 32.1 Å². The molecule has 1 saturated heterocycles. The molecule has 1 unspecified atom stereocenters. The number of hydrogen-bond donors (Lipinski definition) is 2. The van der Waals surface area contributed by atoms with Crippen LogP contribution < -0.4 is 11.1 Å². The summed E-state index contributed by atoms with van der Waals surface area (Å²) < 4.78 is 0. The number of amides is 2. The largest absolute Gasteiger partial charge is 0.399 e. The van der Waals surface area contributed by atoms with E-state index in [4.69, 9.17) is 5.73 Å². The molecule has 5 heteroatoms. The maximum absolute atomic E-state index is 12.1. The first-order valence-electron chi connectivity index (χ1n) is 7.49. The van der Waals surface area contributed by atoms with Gasteiger partial charge in [0.15, 0.2) is 0 Å². The molecule has 1 aromatic carbocycles. The second kappa shape index (κ2) is 7.11. The van der Waals surface area contributed by atoms with Crippen molar-refractivity contribution < 1.29 is 9.59 Å². The molecule has 0 aliphatic carbocycles. The van der Waals surface area contributed by atoms with Gasteiger partial charge in [-0.25, -0.2) is 0 Å². The Morgan fingerprint density at radius 3 is 2.71 bits per heavy atom. The predicted octanol–water partition coefficient (Wildman–Crippen LogP) is 1.50. The summed E-state index contributed by atoms with van der Waals surface area (Å²) in [6.07, 6.45) is 2.55. The van der Waals surface area contributed by atoms with Gasteiger partial charge in [-0.05, 0) is 37.5 Å². The van der Waals surface area contributed by atoms with E-state index in [1.165, 1.54) is 0 Å². The van der Waals surface area contributed by atoms with E-state index in [2.05, 4.69) is 5.32 Å². The van der Waals surface area contributed by atoms with E-state index in [-0.39, 0.29) is 17.7 Å². The van der Waals surface area contributed by atoms with Gasteiger partial charge in [0.25, 0.3) is 0 Å². The van der Waals surface area contributed by atoms with Crippen molar-refractivity contribution in [3.8, 4) is 0 Å². The van der Waals surface area contributed by atoms with Gasteiger partial charge < -0.3 is 16.0 Å². The highest BCUT2D eigenvalue weighted by molar-refractivity contribution is 5.84. The molecule has 5 nitrogen and oxygen atoms in total. The fourth-order valence-corrected chi connectivity index (χ4v) is 2.55. The van der Waals surface area contributed by atoms with Gasteiger partial charge in [-0.3, -0.25) is 9.59 Å². The van der Waals surface area contributed by atoms with E-state index in [0.717, 1.165) is 31.5 Å². The maximum Gasteiger partial charge on any atom is 0.227 e.